The van der Waals surface area contributed by atoms with Crippen LogP contribution < -0.4 is 5.32 Å². The minimum atomic E-state index is -0.249. The molecule has 0 spiro atoms. The molecule has 0 fully saturated rings. The van der Waals surface area contributed by atoms with Crippen LogP contribution in [-0.2, 0) is 0 Å². The third kappa shape index (κ3) is 2.42. The third-order valence-electron chi connectivity index (χ3n) is 4.10. The van der Waals surface area contributed by atoms with Gasteiger partial charge in [0.1, 0.15) is 5.82 Å². The number of fused-ring (bicyclic) bond motifs is 2. The van der Waals surface area contributed by atoms with Crippen LogP contribution in [0.15, 0.2) is 42.5 Å². The van der Waals surface area contributed by atoms with Crippen LogP contribution in [0.25, 0.3) is 21.9 Å². The molecule has 1 amide bonds. The number of carbonyl (C=O) groups excluding carboxylic acids is 1. The molecule has 3 N–H and O–H groups in total. The number of para-hydroxylation sites is 2. The smallest absolute Gasteiger partial charge is 0.273 e. The van der Waals surface area contributed by atoms with E-state index in [1.165, 1.54) is 0 Å². The molecule has 0 aliphatic rings. The minimum absolute atomic E-state index is 0.222. The first-order valence-corrected chi connectivity index (χ1v) is 7.82. The van der Waals surface area contributed by atoms with Crippen LogP contribution in [0.3, 0.4) is 0 Å². The molecule has 120 valence electrons. The summed E-state index contributed by atoms with van der Waals surface area (Å²) in [4.78, 5) is 20.4. The summed E-state index contributed by atoms with van der Waals surface area (Å²) in [5.41, 5.74) is 4.17. The lowest BCUT2D eigenvalue weighted by atomic mass is 10.1. The molecule has 0 aliphatic carbocycles. The molecule has 1 unspecified atom stereocenters. The van der Waals surface area contributed by atoms with E-state index >= 15 is 0 Å². The maximum Gasteiger partial charge on any atom is 0.273 e. The molecule has 6 heteroatoms. The summed E-state index contributed by atoms with van der Waals surface area (Å²) in [6.45, 7) is 3.89. The number of nitrogens with zero attached hydrogens (tertiary/aromatic N) is 2. The maximum absolute atomic E-state index is 12.6. The van der Waals surface area contributed by atoms with E-state index in [2.05, 4.69) is 25.5 Å². The molecule has 4 aromatic rings. The second-order valence-corrected chi connectivity index (χ2v) is 5.96. The van der Waals surface area contributed by atoms with Crippen LogP contribution >= 0.6 is 0 Å². The number of carbonyl (C=O) groups is 1. The molecule has 0 bridgehead atoms. The Morgan fingerprint density at radius 3 is 2.83 bits per heavy atom. The van der Waals surface area contributed by atoms with E-state index in [4.69, 9.17) is 0 Å². The monoisotopic (exact) mass is 319 g/mol. The van der Waals surface area contributed by atoms with Gasteiger partial charge in [0, 0.05) is 5.39 Å². The third-order valence-corrected chi connectivity index (χ3v) is 4.10. The fourth-order valence-electron chi connectivity index (χ4n) is 2.81. The molecular formula is C18H17N5O. The first-order chi connectivity index (χ1) is 11.6. The van der Waals surface area contributed by atoms with Crippen LogP contribution in [0.4, 0.5) is 0 Å². The predicted octanol–water partition coefficient (Wildman–Crippen LogP) is 3.24. The summed E-state index contributed by atoms with van der Waals surface area (Å²) >= 11 is 0. The molecule has 0 aliphatic heterocycles. The van der Waals surface area contributed by atoms with Gasteiger partial charge in [-0.3, -0.25) is 9.89 Å². The zero-order valence-corrected chi connectivity index (χ0v) is 13.4. The van der Waals surface area contributed by atoms with Gasteiger partial charge in [-0.05, 0) is 38.1 Å². The Labute approximate surface area is 138 Å². The van der Waals surface area contributed by atoms with Crippen molar-refractivity contribution in [2.24, 2.45) is 0 Å². The van der Waals surface area contributed by atoms with E-state index in [0.717, 1.165) is 33.3 Å². The van der Waals surface area contributed by atoms with Gasteiger partial charge in [-0.15, -0.1) is 0 Å². The predicted molar refractivity (Wildman–Crippen MR) is 92.8 cm³/mol. The number of imidazole rings is 1. The number of benzene rings is 2. The van der Waals surface area contributed by atoms with Crippen molar-refractivity contribution in [1.82, 2.24) is 25.5 Å². The van der Waals surface area contributed by atoms with Crippen molar-refractivity contribution in [3.63, 3.8) is 0 Å². The first-order valence-electron chi connectivity index (χ1n) is 7.82. The molecule has 1 atom stereocenters. The first kappa shape index (κ1) is 14.4. The maximum atomic E-state index is 12.6. The SMILES string of the molecule is Cc1ccc2[nH]nc(C(=O)NC(C)c3nc4ccccc4[nH]3)c2c1. The van der Waals surface area contributed by atoms with E-state index in [9.17, 15) is 4.79 Å². The van der Waals surface area contributed by atoms with Crippen molar-refractivity contribution in [2.45, 2.75) is 19.9 Å². The van der Waals surface area contributed by atoms with Gasteiger partial charge in [0.05, 0.1) is 22.6 Å². The highest BCUT2D eigenvalue weighted by molar-refractivity contribution is 6.04. The number of nitrogens with one attached hydrogen (secondary N) is 3. The zero-order valence-electron chi connectivity index (χ0n) is 13.4. The van der Waals surface area contributed by atoms with Crippen LogP contribution in [0.5, 0.6) is 0 Å². The van der Waals surface area contributed by atoms with Gasteiger partial charge >= 0.3 is 0 Å². The number of amides is 1. The quantitative estimate of drug-likeness (QED) is 0.542. The highest BCUT2D eigenvalue weighted by atomic mass is 16.2. The second kappa shape index (κ2) is 5.49. The van der Waals surface area contributed by atoms with Crippen LogP contribution in [0.2, 0.25) is 0 Å². The van der Waals surface area contributed by atoms with Gasteiger partial charge in [0.15, 0.2) is 5.69 Å². The Morgan fingerprint density at radius 1 is 1.17 bits per heavy atom. The van der Waals surface area contributed by atoms with E-state index < -0.39 is 0 Å². The number of aromatic nitrogens is 4. The molecule has 24 heavy (non-hydrogen) atoms. The fourth-order valence-corrected chi connectivity index (χ4v) is 2.81. The van der Waals surface area contributed by atoms with Gasteiger partial charge in [0.25, 0.3) is 5.91 Å². The molecule has 0 saturated heterocycles. The average Bonchev–Trinajstić information content (AvgIpc) is 3.18. The Hall–Kier alpha value is -3.15. The summed E-state index contributed by atoms with van der Waals surface area (Å²) in [5, 5.41) is 10.8. The number of H-pyrrole nitrogens is 2. The molecule has 2 heterocycles. The van der Waals surface area contributed by atoms with Gasteiger partial charge in [-0.2, -0.15) is 5.10 Å². The molecule has 2 aromatic heterocycles. The fraction of sp³-hybridized carbons (Fsp3) is 0.167. The Bertz CT molecular complexity index is 1010. The normalized spacial score (nSPS) is 12.6. The van der Waals surface area contributed by atoms with Gasteiger partial charge in [0.2, 0.25) is 0 Å². The average molecular weight is 319 g/mol. The second-order valence-electron chi connectivity index (χ2n) is 5.96. The van der Waals surface area contributed by atoms with Crippen LogP contribution in [0.1, 0.15) is 34.8 Å². The lowest BCUT2D eigenvalue weighted by Gasteiger charge is -2.10. The van der Waals surface area contributed by atoms with E-state index in [0.29, 0.717) is 5.69 Å². The number of hydrogen-bond acceptors (Lipinski definition) is 3. The van der Waals surface area contributed by atoms with Crippen molar-refractivity contribution >= 4 is 27.8 Å². The number of rotatable bonds is 3. The number of hydrogen-bond donors (Lipinski definition) is 3. The van der Waals surface area contributed by atoms with Crippen molar-refractivity contribution < 1.29 is 4.79 Å². The van der Waals surface area contributed by atoms with Gasteiger partial charge < -0.3 is 10.3 Å². The Morgan fingerprint density at radius 2 is 2.00 bits per heavy atom. The summed E-state index contributed by atoms with van der Waals surface area (Å²) in [6.07, 6.45) is 0. The zero-order chi connectivity index (χ0) is 16.7. The molecule has 2 aromatic carbocycles. The van der Waals surface area contributed by atoms with Crippen molar-refractivity contribution in [3.8, 4) is 0 Å². The topological polar surface area (TPSA) is 86.5 Å². The molecule has 6 nitrogen and oxygen atoms in total. The highest BCUT2D eigenvalue weighted by Gasteiger charge is 2.18. The Balaban J connectivity index is 1.61. The van der Waals surface area contributed by atoms with E-state index in [1.54, 1.807) is 0 Å². The van der Waals surface area contributed by atoms with Gasteiger partial charge in [-0.1, -0.05) is 23.8 Å². The van der Waals surface area contributed by atoms with E-state index in [1.807, 2.05) is 56.3 Å². The Kier molecular flexibility index (Phi) is 3.30. The van der Waals surface area contributed by atoms with E-state index in [-0.39, 0.29) is 11.9 Å². The molecule has 0 saturated carbocycles. The minimum Gasteiger partial charge on any atom is -0.341 e. The lowest BCUT2D eigenvalue weighted by molar-refractivity contribution is 0.0935. The molecule has 0 radical (unpaired) electrons. The molecular weight excluding hydrogens is 302 g/mol. The van der Waals surface area contributed by atoms with Crippen molar-refractivity contribution in [3.05, 3.63) is 59.5 Å². The largest absolute Gasteiger partial charge is 0.341 e. The number of aryl methyl sites for hydroxylation is 1. The summed E-state index contributed by atoms with van der Waals surface area (Å²) in [5.74, 6) is 0.500. The van der Waals surface area contributed by atoms with Gasteiger partial charge in [-0.25, -0.2) is 4.98 Å². The van der Waals surface area contributed by atoms with Crippen LogP contribution in [0, 0.1) is 6.92 Å². The summed E-state index contributed by atoms with van der Waals surface area (Å²) in [6, 6.07) is 13.4. The number of aromatic amines is 2. The molecule has 4 rings (SSSR count). The van der Waals surface area contributed by atoms with Crippen molar-refractivity contribution in [1.29, 1.82) is 0 Å². The lowest BCUT2D eigenvalue weighted by Crippen LogP contribution is -2.27. The summed E-state index contributed by atoms with van der Waals surface area (Å²) < 4.78 is 0. The van der Waals surface area contributed by atoms with Crippen LogP contribution in [-0.4, -0.2) is 26.1 Å². The van der Waals surface area contributed by atoms with Crippen molar-refractivity contribution in [2.75, 3.05) is 0 Å². The standard InChI is InChI=1S/C18H17N5O/c1-10-7-8-13-12(9-10)16(23-22-13)18(24)19-11(2)17-20-14-5-3-4-6-15(14)21-17/h3-9,11H,1-2H3,(H,19,24)(H,20,21)(H,22,23). The summed E-state index contributed by atoms with van der Waals surface area (Å²) in [7, 11) is 0. The highest BCUT2D eigenvalue weighted by Crippen LogP contribution is 2.19.